The molecule has 0 unspecified atom stereocenters. The fraction of sp³-hybridized carbons (Fsp3) is 0.391. The van der Waals surface area contributed by atoms with Crippen LogP contribution in [0.3, 0.4) is 0 Å². The Morgan fingerprint density at radius 2 is 1.77 bits per heavy atom. The number of amides is 1. The quantitative estimate of drug-likeness (QED) is 0.490. The summed E-state index contributed by atoms with van der Waals surface area (Å²) in [4.78, 5) is 21.0. The molecule has 0 radical (unpaired) electrons. The molecule has 0 spiro atoms. The molecule has 0 heterocycles. The molecule has 2 aromatic rings. The molecule has 162 valence electrons. The third kappa shape index (κ3) is 7.83. The average Bonchev–Trinajstić information content (AvgIpc) is 2.71. The van der Waals surface area contributed by atoms with Crippen LogP contribution in [0.5, 0.6) is 0 Å². The number of nitrogens with one attached hydrogen (secondary N) is 2. The van der Waals surface area contributed by atoms with Gasteiger partial charge < -0.3 is 20.4 Å². The monoisotopic (exact) mass is 413 g/mol. The number of nitrogens with zero attached hydrogens (tertiary/aromatic N) is 3. The van der Waals surface area contributed by atoms with Crippen molar-refractivity contribution in [3.63, 3.8) is 0 Å². The van der Waals surface area contributed by atoms with Crippen LogP contribution < -0.4 is 10.6 Å². The number of hydrogen-bond donors (Lipinski definition) is 2. The zero-order valence-electron chi connectivity index (χ0n) is 18.3. The average molecular weight is 414 g/mol. The summed E-state index contributed by atoms with van der Waals surface area (Å²) in [5.74, 6) is 0.393. The van der Waals surface area contributed by atoms with Crippen LogP contribution in [0.2, 0.25) is 0 Å². The van der Waals surface area contributed by atoms with Gasteiger partial charge in [-0.1, -0.05) is 24.3 Å². The van der Waals surface area contributed by atoms with Crippen molar-refractivity contribution in [2.75, 3.05) is 40.8 Å². The van der Waals surface area contributed by atoms with Crippen LogP contribution in [0.1, 0.15) is 28.4 Å². The second-order valence-electron chi connectivity index (χ2n) is 7.42. The maximum Gasteiger partial charge on any atom is 0.251 e. The summed E-state index contributed by atoms with van der Waals surface area (Å²) in [5.41, 5.74) is 2.45. The van der Waals surface area contributed by atoms with Crippen molar-refractivity contribution >= 4 is 11.9 Å². The van der Waals surface area contributed by atoms with Gasteiger partial charge in [0.15, 0.2) is 5.96 Å². The fourth-order valence-corrected chi connectivity index (χ4v) is 2.93. The zero-order valence-corrected chi connectivity index (χ0v) is 18.3. The van der Waals surface area contributed by atoms with Gasteiger partial charge in [0.05, 0.1) is 6.54 Å². The molecule has 0 atom stereocenters. The summed E-state index contributed by atoms with van der Waals surface area (Å²) in [7, 11) is 5.86. The zero-order chi connectivity index (χ0) is 21.9. The van der Waals surface area contributed by atoms with Crippen molar-refractivity contribution in [1.82, 2.24) is 20.4 Å². The minimum Gasteiger partial charge on any atom is -0.357 e. The third-order valence-electron chi connectivity index (χ3n) is 4.45. The number of carbonyl (C=O) groups excluding carboxylic acids is 1. The van der Waals surface area contributed by atoms with Crippen LogP contribution in [-0.2, 0) is 13.1 Å². The smallest absolute Gasteiger partial charge is 0.251 e. The normalized spacial score (nSPS) is 11.5. The molecule has 2 N–H and O–H groups in total. The van der Waals surface area contributed by atoms with E-state index in [-0.39, 0.29) is 11.7 Å². The van der Waals surface area contributed by atoms with E-state index in [0.29, 0.717) is 25.2 Å². The third-order valence-corrected chi connectivity index (χ3v) is 4.45. The van der Waals surface area contributed by atoms with E-state index >= 15 is 0 Å². The van der Waals surface area contributed by atoms with E-state index in [1.54, 1.807) is 12.1 Å². The van der Waals surface area contributed by atoms with Gasteiger partial charge in [-0.15, -0.1) is 0 Å². The number of aliphatic imine (C=N–C) groups is 1. The van der Waals surface area contributed by atoms with E-state index in [1.807, 2.05) is 62.1 Å². The summed E-state index contributed by atoms with van der Waals surface area (Å²) >= 11 is 0. The maximum atomic E-state index is 13.5. The highest BCUT2D eigenvalue weighted by Gasteiger charge is 2.09. The highest BCUT2D eigenvalue weighted by atomic mass is 19.1. The Kier molecular flexibility index (Phi) is 9.28. The molecule has 0 saturated heterocycles. The van der Waals surface area contributed by atoms with Gasteiger partial charge in [0.25, 0.3) is 5.91 Å². The second kappa shape index (κ2) is 11.9. The van der Waals surface area contributed by atoms with Gasteiger partial charge in [-0.3, -0.25) is 4.79 Å². The predicted octanol–water partition coefficient (Wildman–Crippen LogP) is 2.71. The molecule has 1 amide bonds. The van der Waals surface area contributed by atoms with Gasteiger partial charge in [0.2, 0.25) is 0 Å². The van der Waals surface area contributed by atoms with E-state index in [9.17, 15) is 9.18 Å². The first-order valence-electron chi connectivity index (χ1n) is 10.1. The molecule has 6 nitrogen and oxygen atoms in total. The number of hydrogen-bond acceptors (Lipinski definition) is 3. The molecule has 2 rings (SSSR count). The highest BCUT2D eigenvalue weighted by Crippen LogP contribution is 2.09. The van der Waals surface area contributed by atoms with Crippen LogP contribution in [-0.4, -0.2) is 62.4 Å². The SMILES string of the molecule is CCNC(=NCc1cccc(C(=O)NCCN(C)C)c1)N(C)Cc1cccc(F)c1. The maximum absolute atomic E-state index is 13.5. The topological polar surface area (TPSA) is 60.0 Å². The van der Waals surface area contributed by atoms with Gasteiger partial charge >= 0.3 is 0 Å². The Morgan fingerprint density at radius 1 is 1.03 bits per heavy atom. The fourth-order valence-electron chi connectivity index (χ4n) is 2.93. The predicted molar refractivity (Wildman–Crippen MR) is 120 cm³/mol. The van der Waals surface area contributed by atoms with Gasteiger partial charge in [-0.2, -0.15) is 0 Å². The highest BCUT2D eigenvalue weighted by molar-refractivity contribution is 5.94. The number of carbonyl (C=O) groups is 1. The lowest BCUT2D eigenvalue weighted by Crippen LogP contribution is -2.38. The molecule has 0 aliphatic carbocycles. The molecule has 0 saturated carbocycles. The minimum atomic E-state index is -0.247. The van der Waals surface area contributed by atoms with E-state index in [0.717, 1.165) is 30.2 Å². The lowest BCUT2D eigenvalue weighted by molar-refractivity contribution is 0.0951. The van der Waals surface area contributed by atoms with Gasteiger partial charge in [-0.05, 0) is 56.4 Å². The summed E-state index contributed by atoms with van der Waals surface area (Å²) in [5, 5.41) is 6.19. The lowest BCUT2D eigenvalue weighted by atomic mass is 10.1. The Labute approximate surface area is 178 Å². The van der Waals surface area contributed by atoms with Crippen LogP contribution in [0.4, 0.5) is 4.39 Å². The van der Waals surface area contributed by atoms with Crippen molar-refractivity contribution in [2.45, 2.75) is 20.0 Å². The van der Waals surface area contributed by atoms with Gasteiger partial charge in [0, 0.05) is 38.8 Å². The van der Waals surface area contributed by atoms with Gasteiger partial charge in [-0.25, -0.2) is 9.38 Å². The van der Waals surface area contributed by atoms with Gasteiger partial charge in [0.1, 0.15) is 5.82 Å². The van der Waals surface area contributed by atoms with E-state index in [2.05, 4.69) is 15.6 Å². The summed E-state index contributed by atoms with van der Waals surface area (Å²) in [6.45, 7) is 5.10. The largest absolute Gasteiger partial charge is 0.357 e. The van der Waals surface area contributed by atoms with Crippen LogP contribution >= 0.6 is 0 Å². The molecule has 30 heavy (non-hydrogen) atoms. The molecule has 0 aliphatic rings. The van der Waals surface area contributed by atoms with Crippen molar-refractivity contribution < 1.29 is 9.18 Å². The molecular formula is C23H32FN5O. The number of rotatable bonds is 9. The minimum absolute atomic E-state index is 0.0854. The van der Waals surface area contributed by atoms with E-state index in [4.69, 9.17) is 0 Å². The lowest BCUT2D eigenvalue weighted by Gasteiger charge is -2.22. The number of halogens is 1. The molecule has 0 aromatic heterocycles. The first-order valence-corrected chi connectivity index (χ1v) is 10.1. The first kappa shape index (κ1) is 23.3. The van der Waals surface area contributed by atoms with Crippen molar-refractivity contribution in [3.8, 4) is 0 Å². The van der Waals surface area contributed by atoms with Crippen molar-refractivity contribution in [2.24, 2.45) is 4.99 Å². The first-order chi connectivity index (χ1) is 14.4. The Bertz CT molecular complexity index is 853. The standard InChI is InChI=1S/C23H32FN5O/c1-5-25-23(29(4)17-19-9-7-11-21(24)15-19)27-16-18-8-6-10-20(14-18)22(30)26-12-13-28(2)3/h6-11,14-15H,5,12-13,16-17H2,1-4H3,(H,25,27)(H,26,30). The van der Waals surface area contributed by atoms with E-state index < -0.39 is 0 Å². The molecule has 7 heteroatoms. The van der Waals surface area contributed by atoms with Crippen molar-refractivity contribution in [1.29, 1.82) is 0 Å². The van der Waals surface area contributed by atoms with Crippen LogP contribution in [0, 0.1) is 5.82 Å². The van der Waals surface area contributed by atoms with Crippen LogP contribution in [0.15, 0.2) is 53.5 Å². The Morgan fingerprint density at radius 3 is 2.47 bits per heavy atom. The summed E-state index contributed by atoms with van der Waals surface area (Å²) < 4.78 is 13.5. The molecule has 0 aliphatic heterocycles. The summed E-state index contributed by atoms with van der Waals surface area (Å²) in [6.07, 6.45) is 0. The molecular weight excluding hydrogens is 381 g/mol. The Hall–Kier alpha value is -2.93. The Balaban J connectivity index is 2.03. The van der Waals surface area contributed by atoms with E-state index in [1.165, 1.54) is 12.1 Å². The van der Waals surface area contributed by atoms with Crippen LogP contribution in [0.25, 0.3) is 0 Å². The summed E-state index contributed by atoms with van der Waals surface area (Å²) in [6, 6.07) is 14.1. The van der Waals surface area contributed by atoms with Crippen molar-refractivity contribution in [3.05, 3.63) is 71.0 Å². The molecule has 0 bridgehead atoms. The second-order valence-corrected chi connectivity index (χ2v) is 7.42. The number of benzene rings is 2. The molecule has 0 fully saturated rings. The number of guanidine groups is 1. The molecule has 2 aromatic carbocycles. The number of likely N-dealkylation sites (N-methyl/N-ethyl adjacent to an activating group) is 1.